The molecule has 0 spiro atoms. The van der Waals surface area contributed by atoms with E-state index in [0.717, 1.165) is 11.5 Å². The molecule has 0 aliphatic carbocycles. The van der Waals surface area contributed by atoms with Gasteiger partial charge in [0.1, 0.15) is 5.82 Å². The molecule has 70 valence electrons. The molecule has 0 aliphatic heterocycles. The number of anilines is 1. The minimum Gasteiger partial charge on any atom is -0.261 e. The zero-order valence-electron chi connectivity index (χ0n) is 8.28. The quantitative estimate of drug-likeness (QED) is 0.569. The topological polar surface area (TPSA) is 37.3 Å². The van der Waals surface area contributed by atoms with Gasteiger partial charge in [-0.3, -0.25) is 5.43 Å². The van der Waals surface area contributed by atoms with E-state index in [1.807, 2.05) is 25.1 Å². The highest BCUT2D eigenvalue weighted by molar-refractivity contribution is 5.84. The van der Waals surface area contributed by atoms with Crippen LogP contribution >= 0.6 is 0 Å². The molecule has 0 fully saturated rings. The molecule has 0 bridgehead atoms. The second-order valence-electron chi connectivity index (χ2n) is 3.23. The monoisotopic (exact) mass is 177 g/mol. The molecule has 0 amide bonds. The van der Waals surface area contributed by atoms with Gasteiger partial charge in [0, 0.05) is 11.9 Å². The first kappa shape index (κ1) is 9.71. The van der Waals surface area contributed by atoms with Gasteiger partial charge < -0.3 is 0 Å². The molecule has 0 radical (unpaired) electrons. The normalized spacial score (nSPS) is 11.8. The largest absolute Gasteiger partial charge is 0.261 e. The Labute approximate surface area is 78.9 Å². The van der Waals surface area contributed by atoms with Gasteiger partial charge in [-0.05, 0) is 25.0 Å². The van der Waals surface area contributed by atoms with Crippen LogP contribution in [0.25, 0.3) is 0 Å². The zero-order chi connectivity index (χ0) is 9.68. The van der Waals surface area contributed by atoms with Crippen molar-refractivity contribution in [3.63, 3.8) is 0 Å². The standard InChI is InChI=1S/C10H15N3/c1-8(2)9(3)12-13-10-6-4-5-7-11-10/h4-8H,1-3H3,(H,11,13). The average Bonchev–Trinajstić information content (AvgIpc) is 2.15. The van der Waals surface area contributed by atoms with Crippen LogP contribution in [0.2, 0.25) is 0 Å². The third-order valence-electron chi connectivity index (χ3n) is 1.85. The van der Waals surface area contributed by atoms with E-state index in [0.29, 0.717) is 5.92 Å². The van der Waals surface area contributed by atoms with Crippen molar-refractivity contribution in [3.05, 3.63) is 24.4 Å². The summed E-state index contributed by atoms with van der Waals surface area (Å²) in [4.78, 5) is 4.09. The number of hydrazone groups is 1. The van der Waals surface area contributed by atoms with Crippen molar-refractivity contribution < 1.29 is 0 Å². The molecule has 0 saturated heterocycles. The lowest BCUT2D eigenvalue weighted by Gasteiger charge is -2.04. The molecule has 0 atom stereocenters. The molecule has 0 aromatic carbocycles. The fourth-order valence-corrected chi connectivity index (χ4v) is 0.703. The fourth-order valence-electron chi connectivity index (χ4n) is 0.703. The fraction of sp³-hybridized carbons (Fsp3) is 0.400. The van der Waals surface area contributed by atoms with Gasteiger partial charge in [0.2, 0.25) is 0 Å². The Morgan fingerprint density at radius 2 is 2.23 bits per heavy atom. The van der Waals surface area contributed by atoms with E-state index in [9.17, 15) is 0 Å². The minimum atomic E-state index is 0.469. The van der Waals surface area contributed by atoms with Gasteiger partial charge in [-0.1, -0.05) is 19.9 Å². The van der Waals surface area contributed by atoms with Crippen LogP contribution in [0.4, 0.5) is 5.82 Å². The highest BCUT2D eigenvalue weighted by Gasteiger charge is 1.96. The third-order valence-corrected chi connectivity index (χ3v) is 1.85. The Morgan fingerprint density at radius 3 is 2.77 bits per heavy atom. The number of nitrogens with zero attached hydrogens (tertiary/aromatic N) is 2. The van der Waals surface area contributed by atoms with Gasteiger partial charge in [-0.2, -0.15) is 5.10 Å². The van der Waals surface area contributed by atoms with E-state index in [1.54, 1.807) is 6.20 Å². The number of pyridine rings is 1. The first-order valence-electron chi connectivity index (χ1n) is 4.41. The second kappa shape index (κ2) is 4.60. The summed E-state index contributed by atoms with van der Waals surface area (Å²) in [6, 6.07) is 5.69. The highest BCUT2D eigenvalue weighted by atomic mass is 15.3. The van der Waals surface area contributed by atoms with E-state index in [-0.39, 0.29) is 0 Å². The summed E-state index contributed by atoms with van der Waals surface area (Å²) in [5, 5.41) is 4.20. The van der Waals surface area contributed by atoms with Crippen LogP contribution < -0.4 is 5.43 Å². The Hall–Kier alpha value is -1.38. The van der Waals surface area contributed by atoms with Gasteiger partial charge in [0.05, 0.1) is 0 Å². The van der Waals surface area contributed by atoms with Crippen LogP contribution in [0.3, 0.4) is 0 Å². The summed E-state index contributed by atoms with van der Waals surface area (Å²) in [5.74, 6) is 1.25. The molecule has 0 aliphatic rings. The van der Waals surface area contributed by atoms with Crippen molar-refractivity contribution in [3.8, 4) is 0 Å². The third kappa shape index (κ3) is 3.23. The average molecular weight is 177 g/mol. The van der Waals surface area contributed by atoms with Crippen molar-refractivity contribution in [1.82, 2.24) is 4.98 Å². The van der Waals surface area contributed by atoms with Crippen LogP contribution in [-0.2, 0) is 0 Å². The number of hydrogen-bond acceptors (Lipinski definition) is 3. The van der Waals surface area contributed by atoms with E-state index >= 15 is 0 Å². The van der Waals surface area contributed by atoms with Crippen molar-refractivity contribution in [2.45, 2.75) is 20.8 Å². The smallest absolute Gasteiger partial charge is 0.146 e. The van der Waals surface area contributed by atoms with Crippen LogP contribution in [0.5, 0.6) is 0 Å². The molecule has 13 heavy (non-hydrogen) atoms. The van der Waals surface area contributed by atoms with Gasteiger partial charge >= 0.3 is 0 Å². The first-order chi connectivity index (χ1) is 6.20. The summed E-state index contributed by atoms with van der Waals surface area (Å²) < 4.78 is 0. The molecular weight excluding hydrogens is 162 g/mol. The van der Waals surface area contributed by atoms with E-state index in [2.05, 4.69) is 29.4 Å². The van der Waals surface area contributed by atoms with E-state index < -0.39 is 0 Å². The maximum absolute atomic E-state index is 4.20. The number of nitrogens with one attached hydrogen (secondary N) is 1. The molecule has 1 N–H and O–H groups in total. The highest BCUT2D eigenvalue weighted by Crippen LogP contribution is 2.01. The van der Waals surface area contributed by atoms with Gasteiger partial charge in [-0.25, -0.2) is 4.98 Å². The summed E-state index contributed by atoms with van der Waals surface area (Å²) in [5.41, 5.74) is 3.98. The Morgan fingerprint density at radius 1 is 1.46 bits per heavy atom. The second-order valence-corrected chi connectivity index (χ2v) is 3.23. The van der Waals surface area contributed by atoms with Gasteiger partial charge in [0.25, 0.3) is 0 Å². The molecule has 3 nitrogen and oxygen atoms in total. The Kier molecular flexibility index (Phi) is 3.43. The van der Waals surface area contributed by atoms with Crippen molar-refractivity contribution in [1.29, 1.82) is 0 Å². The number of hydrogen-bond donors (Lipinski definition) is 1. The molecule has 0 saturated carbocycles. The van der Waals surface area contributed by atoms with Crippen LogP contribution in [0, 0.1) is 5.92 Å². The van der Waals surface area contributed by atoms with Crippen LogP contribution in [0.15, 0.2) is 29.5 Å². The van der Waals surface area contributed by atoms with Crippen molar-refractivity contribution in [2.75, 3.05) is 5.43 Å². The summed E-state index contributed by atoms with van der Waals surface area (Å²) in [6.07, 6.45) is 1.74. The molecule has 0 unspecified atom stereocenters. The minimum absolute atomic E-state index is 0.469. The van der Waals surface area contributed by atoms with Gasteiger partial charge in [0.15, 0.2) is 0 Å². The Balaban J connectivity index is 2.57. The first-order valence-corrected chi connectivity index (χ1v) is 4.41. The Bertz CT molecular complexity index is 277. The predicted molar refractivity (Wildman–Crippen MR) is 55.8 cm³/mol. The van der Waals surface area contributed by atoms with Crippen molar-refractivity contribution >= 4 is 11.5 Å². The number of aromatic nitrogens is 1. The summed E-state index contributed by atoms with van der Waals surface area (Å²) >= 11 is 0. The van der Waals surface area contributed by atoms with Crippen LogP contribution in [-0.4, -0.2) is 10.7 Å². The molecule has 1 aromatic heterocycles. The van der Waals surface area contributed by atoms with E-state index in [4.69, 9.17) is 0 Å². The van der Waals surface area contributed by atoms with E-state index in [1.165, 1.54) is 0 Å². The zero-order valence-corrected chi connectivity index (χ0v) is 8.28. The SMILES string of the molecule is CC(=NNc1ccccn1)C(C)C. The lowest BCUT2D eigenvalue weighted by atomic mass is 10.1. The van der Waals surface area contributed by atoms with Gasteiger partial charge in [-0.15, -0.1) is 0 Å². The number of rotatable bonds is 3. The van der Waals surface area contributed by atoms with Crippen molar-refractivity contribution in [2.24, 2.45) is 11.0 Å². The molecule has 1 rings (SSSR count). The summed E-state index contributed by atoms with van der Waals surface area (Å²) in [7, 11) is 0. The lowest BCUT2D eigenvalue weighted by Crippen LogP contribution is -2.05. The molecule has 1 aromatic rings. The molecule has 3 heteroatoms. The maximum Gasteiger partial charge on any atom is 0.146 e. The summed E-state index contributed by atoms with van der Waals surface area (Å²) in [6.45, 7) is 6.22. The maximum atomic E-state index is 4.20. The van der Waals surface area contributed by atoms with Crippen LogP contribution in [0.1, 0.15) is 20.8 Å². The molecular formula is C10H15N3. The predicted octanol–water partition coefficient (Wildman–Crippen LogP) is 2.53. The molecule has 1 heterocycles. The lowest BCUT2D eigenvalue weighted by molar-refractivity contribution is 0.874.